The number of carbonyl (C=O) groups excluding carboxylic acids is 2. The first-order valence-electron chi connectivity index (χ1n) is 11.8. The molecule has 0 radical (unpaired) electrons. The van der Waals surface area contributed by atoms with Gasteiger partial charge in [-0.2, -0.15) is 9.59 Å². The Bertz CT molecular complexity index is 1120. The zero-order valence-corrected chi connectivity index (χ0v) is 19.2. The third kappa shape index (κ3) is 5.36. The minimum absolute atomic E-state index is 0.250. The summed E-state index contributed by atoms with van der Waals surface area (Å²) in [6.45, 7) is 5.40. The second kappa shape index (κ2) is 11.0. The molecule has 1 saturated heterocycles. The van der Waals surface area contributed by atoms with Crippen molar-refractivity contribution in [3.63, 3.8) is 0 Å². The number of piperidine rings is 1. The average Bonchev–Trinajstić information content (AvgIpc) is 3.02. The minimum Gasteiger partial charge on any atom is -0.297 e. The molecule has 0 saturated carbocycles. The Hall–Kier alpha value is -3.33. The molecule has 4 nitrogen and oxygen atoms in total. The fourth-order valence-electron chi connectivity index (χ4n) is 5.05. The Balaban J connectivity index is 0.000000821. The Labute approximate surface area is 196 Å². The molecule has 1 aromatic heterocycles. The first-order chi connectivity index (χ1) is 16.2. The molecule has 0 spiro atoms. The zero-order valence-electron chi connectivity index (χ0n) is 19.2. The van der Waals surface area contributed by atoms with Crippen LogP contribution >= 0.6 is 0 Å². The molecule has 0 unspecified atom stereocenters. The number of hydrogen-bond donors (Lipinski definition) is 0. The van der Waals surface area contributed by atoms with Gasteiger partial charge in [-0.1, -0.05) is 61.0 Å². The number of likely N-dealkylation sites (tertiary alicyclic amines) is 1. The molecule has 0 amide bonds. The molecule has 1 fully saturated rings. The van der Waals surface area contributed by atoms with Gasteiger partial charge in [0.25, 0.3) is 0 Å². The maximum absolute atomic E-state index is 8.12. The summed E-state index contributed by atoms with van der Waals surface area (Å²) in [5.41, 5.74) is 11.7. The Morgan fingerprint density at radius 3 is 2.00 bits per heavy atom. The minimum atomic E-state index is 0.250. The van der Waals surface area contributed by atoms with Crippen LogP contribution in [0.25, 0.3) is 5.57 Å². The smallest absolute Gasteiger partial charge is 0.297 e. The van der Waals surface area contributed by atoms with E-state index in [2.05, 4.69) is 77.5 Å². The molecule has 5 rings (SSSR count). The molecule has 0 bridgehead atoms. The Morgan fingerprint density at radius 1 is 0.848 bits per heavy atom. The standard InChI is InChI=1S/C28H30N2.CO2/c1-2-21-13-16-29-25(19-21)20-30-17-14-24(15-18-30)28-26-9-5-3-7-22(26)11-12-23-8-4-6-10-27(23)28;2-1-3/h3-10,13,16,19H,2,11-12,14-15,17-18,20H2,1H3;. The molecule has 1 aliphatic heterocycles. The highest BCUT2D eigenvalue weighted by Gasteiger charge is 2.23. The summed E-state index contributed by atoms with van der Waals surface area (Å²) in [6.07, 6.45) is 7.84. The summed E-state index contributed by atoms with van der Waals surface area (Å²) < 4.78 is 0. The van der Waals surface area contributed by atoms with Crippen LogP contribution in [0.5, 0.6) is 0 Å². The number of fused-ring (bicyclic) bond motifs is 2. The normalized spacial score (nSPS) is 15.4. The second-order valence-corrected chi connectivity index (χ2v) is 8.66. The highest BCUT2D eigenvalue weighted by Crippen LogP contribution is 2.38. The van der Waals surface area contributed by atoms with E-state index in [4.69, 9.17) is 9.59 Å². The van der Waals surface area contributed by atoms with E-state index >= 15 is 0 Å². The van der Waals surface area contributed by atoms with E-state index in [1.54, 1.807) is 5.57 Å². The summed E-state index contributed by atoms with van der Waals surface area (Å²) in [7, 11) is 0. The van der Waals surface area contributed by atoms with Crippen LogP contribution in [-0.2, 0) is 35.4 Å². The van der Waals surface area contributed by atoms with Crippen LogP contribution in [0.1, 0.15) is 53.3 Å². The van der Waals surface area contributed by atoms with Gasteiger partial charge in [0, 0.05) is 25.8 Å². The molecule has 2 aromatic carbocycles. The molecule has 168 valence electrons. The van der Waals surface area contributed by atoms with Crippen LogP contribution in [0.2, 0.25) is 0 Å². The second-order valence-electron chi connectivity index (χ2n) is 8.66. The van der Waals surface area contributed by atoms with E-state index in [0.29, 0.717) is 0 Å². The third-order valence-electron chi connectivity index (χ3n) is 6.73. The first kappa shape index (κ1) is 22.8. The van der Waals surface area contributed by atoms with E-state index in [9.17, 15) is 0 Å². The van der Waals surface area contributed by atoms with E-state index in [1.165, 1.54) is 39.1 Å². The van der Waals surface area contributed by atoms with Gasteiger partial charge >= 0.3 is 6.15 Å². The van der Waals surface area contributed by atoms with Gasteiger partial charge in [-0.25, -0.2) is 0 Å². The van der Waals surface area contributed by atoms with Crippen molar-refractivity contribution in [1.29, 1.82) is 0 Å². The summed E-state index contributed by atoms with van der Waals surface area (Å²) in [4.78, 5) is 23.4. The van der Waals surface area contributed by atoms with Gasteiger partial charge in [0.2, 0.25) is 0 Å². The quantitative estimate of drug-likeness (QED) is 0.560. The van der Waals surface area contributed by atoms with E-state index < -0.39 is 0 Å². The largest absolute Gasteiger partial charge is 0.373 e. The molecule has 4 heteroatoms. The first-order valence-corrected chi connectivity index (χ1v) is 11.8. The summed E-state index contributed by atoms with van der Waals surface area (Å²) >= 11 is 0. The number of aryl methyl sites for hydroxylation is 3. The van der Waals surface area contributed by atoms with Gasteiger partial charge in [0.1, 0.15) is 0 Å². The SMILES string of the molecule is CCc1ccnc(CN2CCC(=C3c4ccccc4CCc4ccccc43)CC2)c1.O=C=O. The lowest BCUT2D eigenvalue weighted by Gasteiger charge is -2.30. The number of aromatic nitrogens is 1. The van der Waals surface area contributed by atoms with Crippen molar-refractivity contribution in [2.24, 2.45) is 0 Å². The Kier molecular flexibility index (Phi) is 7.62. The molecule has 1 aliphatic carbocycles. The fourth-order valence-corrected chi connectivity index (χ4v) is 5.05. The maximum atomic E-state index is 8.12. The van der Waals surface area contributed by atoms with Crippen LogP contribution in [-0.4, -0.2) is 29.1 Å². The van der Waals surface area contributed by atoms with Crippen LogP contribution in [0, 0.1) is 0 Å². The van der Waals surface area contributed by atoms with Gasteiger partial charge in [-0.3, -0.25) is 9.88 Å². The van der Waals surface area contributed by atoms with Gasteiger partial charge in [0.15, 0.2) is 0 Å². The third-order valence-corrected chi connectivity index (χ3v) is 6.73. The molecule has 33 heavy (non-hydrogen) atoms. The highest BCUT2D eigenvalue weighted by atomic mass is 16.2. The molecular weight excluding hydrogens is 408 g/mol. The maximum Gasteiger partial charge on any atom is 0.373 e. The van der Waals surface area contributed by atoms with E-state index in [0.717, 1.165) is 51.7 Å². The number of rotatable bonds is 3. The Morgan fingerprint density at radius 2 is 1.42 bits per heavy atom. The topological polar surface area (TPSA) is 50.3 Å². The predicted molar refractivity (Wildman–Crippen MR) is 129 cm³/mol. The van der Waals surface area contributed by atoms with Crippen LogP contribution in [0.15, 0.2) is 72.4 Å². The van der Waals surface area contributed by atoms with Gasteiger partial charge < -0.3 is 0 Å². The highest BCUT2D eigenvalue weighted by molar-refractivity contribution is 5.86. The van der Waals surface area contributed by atoms with Crippen molar-refractivity contribution in [3.8, 4) is 0 Å². The lowest BCUT2D eigenvalue weighted by molar-refractivity contribution is -0.191. The monoisotopic (exact) mass is 438 g/mol. The van der Waals surface area contributed by atoms with Crippen molar-refractivity contribution in [1.82, 2.24) is 9.88 Å². The average molecular weight is 439 g/mol. The van der Waals surface area contributed by atoms with Crippen molar-refractivity contribution < 1.29 is 9.59 Å². The van der Waals surface area contributed by atoms with Crippen molar-refractivity contribution >= 4 is 11.7 Å². The zero-order chi connectivity index (χ0) is 23.0. The van der Waals surface area contributed by atoms with Crippen molar-refractivity contribution in [2.75, 3.05) is 13.1 Å². The fraction of sp³-hybridized carbons (Fsp3) is 0.310. The van der Waals surface area contributed by atoms with E-state index in [-0.39, 0.29) is 6.15 Å². The molecule has 0 atom stereocenters. The molecule has 2 aliphatic rings. The van der Waals surface area contributed by atoms with Crippen LogP contribution in [0.3, 0.4) is 0 Å². The van der Waals surface area contributed by atoms with Crippen LogP contribution in [0.4, 0.5) is 0 Å². The van der Waals surface area contributed by atoms with Gasteiger partial charge in [0.05, 0.1) is 5.69 Å². The summed E-state index contributed by atoms with van der Waals surface area (Å²) in [6, 6.07) is 22.5. The number of benzene rings is 2. The number of pyridine rings is 1. The summed E-state index contributed by atoms with van der Waals surface area (Å²) in [5.74, 6) is 0. The molecule has 2 heterocycles. The van der Waals surface area contributed by atoms with Gasteiger partial charge in [-0.15, -0.1) is 0 Å². The lowest BCUT2D eigenvalue weighted by atomic mass is 9.86. The molecule has 3 aromatic rings. The summed E-state index contributed by atoms with van der Waals surface area (Å²) in [5, 5.41) is 0. The van der Waals surface area contributed by atoms with Crippen LogP contribution < -0.4 is 0 Å². The molecular formula is C29H30N2O2. The number of nitrogens with zero attached hydrogens (tertiary/aromatic N) is 2. The van der Waals surface area contributed by atoms with Crippen molar-refractivity contribution in [2.45, 2.75) is 45.6 Å². The predicted octanol–water partition coefficient (Wildman–Crippen LogP) is 5.26. The van der Waals surface area contributed by atoms with E-state index in [1.807, 2.05) is 6.20 Å². The van der Waals surface area contributed by atoms with Gasteiger partial charge in [-0.05, 0) is 77.6 Å². The molecule has 0 N–H and O–H groups in total. The lowest BCUT2D eigenvalue weighted by Crippen LogP contribution is -2.31. The number of hydrogen-bond acceptors (Lipinski definition) is 4. The van der Waals surface area contributed by atoms with Crippen molar-refractivity contribution in [3.05, 3.63) is 106 Å².